The zero-order valence-corrected chi connectivity index (χ0v) is 11.8. The Hall–Kier alpha value is -1.20. The van der Waals surface area contributed by atoms with Gasteiger partial charge in [-0.25, -0.2) is 0 Å². The number of carbonyl (C=O) groups excluding carboxylic acids is 1. The minimum absolute atomic E-state index is 0.144. The molecule has 0 aliphatic heterocycles. The van der Waals surface area contributed by atoms with Crippen LogP contribution >= 0.6 is 0 Å². The molecule has 1 aromatic rings. The van der Waals surface area contributed by atoms with Crippen LogP contribution in [-0.4, -0.2) is 21.6 Å². The van der Waals surface area contributed by atoms with Crippen LogP contribution in [0.3, 0.4) is 0 Å². The number of benzene rings is 1. The van der Waals surface area contributed by atoms with E-state index in [0.717, 1.165) is 30.0 Å². The minimum atomic E-state index is -2.28. The summed E-state index contributed by atoms with van der Waals surface area (Å²) >= 11 is -2.28. The molecule has 1 saturated carbocycles. The zero-order chi connectivity index (χ0) is 13.8. The molecule has 5 heteroatoms. The first-order chi connectivity index (χ1) is 9.09. The first-order valence-electron chi connectivity index (χ1n) is 6.57. The predicted molar refractivity (Wildman–Crippen MR) is 74.7 cm³/mol. The summed E-state index contributed by atoms with van der Waals surface area (Å²) in [5.41, 5.74) is 1.24. The van der Waals surface area contributed by atoms with E-state index < -0.39 is 11.3 Å². The lowest BCUT2D eigenvalue weighted by Gasteiger charge is -2.22. The molecule has 1 aliphatic carbocycles. The van der Waals surface area contributed by atoms with Crippen LogP contribution in [0.15, 0.2) is 24.3 Å². The van der Waals surface area contributed by atoms with Crippen LogP contribution in [0.5, 0.6) is 0 Å². The molecule has 1 aromatic carbocycles. The highest BCUT2D eigenvalue weighted by molar-refractivity contribution is 7.80. The van der Waals surface area contributed by atoms with E-state index in [4.69, 9.17) is 0 Å². The van der Waals surface area contributed by atoms with Crippen molar-refractivity contribution in [2.45, 2.75) is 32.1 Å². The smallest absolute Gasteiger partial charge is 0.165 e. The molecule has 0 N–H and O–H groups in total. The Balaban J connectivity index is 2.09. The quantitative estimate of drug-likeness (QED) is 0.629. The van der Waals surface area contributed by atoms with Crippen molar-refractivity contribution in [2.24, 2.45) is 5.92 Å². The number of carbonyl (C=O) groups is 1. The van der Waals surface area contributed by atoms with Gasteiger partial charge in [0.05, 0.1) is 0 Å². The molecule has 19 heavy (non-hydrogen) atoms. The summed E-state index contributed by atoms with van der Waals surface area (Å²) in [5.74, 6) is 0.336. The van der Waals surface area contributed by atoms with Crippen LogP contribution in [0.1, 0.15) is 42.5 Å². The van der Waals surface area contributed by atoms with E-state index in [1.165, 1.54) is 13.5 Å². The van der Waals surface area contributed by atoms with Gasteiger partial charge >= 0.3 is 0 Å². The molecule has 1 aliphatic rings. The summed E-state index contributed by atoms with van der Waals surface area (Å²) < 4.78 is 22.8. The number of hydrogen-bond acceptors (Lipinski definition) is 3. The summed E-state index contributed by atoms with van der Waals surface area (Å²) in [4.78, 5) is 12.3. The minimum Gasteiger partial charge on any atom is -0.755 e. The topological polar surface area (TPSA) is 60.4 Å². The van der Waals surface area contributed by atoms with Crippen molar-refractivity contribution in [3.8, 4) is 0 Å². The largest absolute Gasteiger partial charge is 0.755 e. The van der Waals surface area contributed by atoms with E-state index in [9.17, 15) is 13.6 Å². The second-order valence-corrected chi connectivity index (χ2v) is 5.94. The average Bonchev–Trinajstić information content (AvgIpc) is 2.46. The third-order valence-electron chi connectivity index (χ3n) is 3.71. The summed E-state index contributed by atoms with van der Waals surface area (Å²) in [7, 11) is 1.47. The molecule has 1 fully saturated rings. The lowest BCUT2D eigenvalue weighted by Crippen LogP contribution is -2.20. The maximum absolute atomic E-state index is 12.3. The van der Waals surface area contributed by atoms with E-state index in [-0.39, 0.29) is 11.7 Å². The molecule has 0 radical (unpaired) electrons. The third-order valence-corrected chi connectivity index (χ3v) is 4.37. The summed E-state index contributed by atoms with van der Waals surface area (Å²) in [6.45, 7) is 0. The Labute approximate surface area is 116 Å². The van der Waals surface area contributed by atoms with Crippen LogP contribution in [0.2, 0.25) is 0 Å². The maximum Gasteiger partial charge on any atom is 0.165 e. The SMILES string of the molecule is CN(c1ccc(C(=O)C2CCCCC2)cc1)S(=O)[O-]. The van der Waals surface area contributed by atoms with Gasteiger partial charge in [0.15, 0.2) is 5.78 Å². The van der Waals surface area contributed by atoms with E-state index in [2.05, 4.69) is 0 Å². The van der Waals surface area contributed by atoms with E-state index in [1.54, 1.807) is 24.3 Å². The van der Waals surface area contributed by atoms with E-state index in [1.807, 2.05) is 0 Å². The number of nitrogens with zero attached hydrogens (tertiary/aromatic N) is 1. The number of ketones is 1. The number of rotatable bonds is 4. The van der Waals surface area contributed by atoms with Gasteiger partial charge in [0, 0.05) is 35.5 Å². The van der Waals surface area contributed by atoms with Gasteiger partial charge < -0.3 is 8.86 Å². The molecule has 1 unspecified atom stereocenters. The highest BCUT2D eigenvalue weighted by Crippen LogP contribution is 2.27. The van der Waals surface area contributed by atoms with Crippen LogP contribution < -0.4 is 4.31 Å². The Morgan fingerprint density at radius 3 is 2.32 bits per heavy atom. The van der Waals surface area contributed by atoms with Gasteiger partial charge in [-0.3, -0.25) is 9.00 Å². The van der Waals surface area contributed by atoms with Crippen LogP contribution in [0, 0.1) is 5.92 Å². The fourth-order valence-corrected chi connectivity index (χ4v) is 2.82. The lowest BCUT2D eigenvalue weighted by molar-refractivity contribution is 0.0889. The van der Waals surface area contributed by atoms with Crippen LogP contribution in [-0.2, 0) is 11.3 Å². The van der Waals surface area contributed by atoms with Crippen molar-refractivity contribution in [1.82, 2.24) is 0 Å². The second kappa shape index (κ2) is 6.30. The molecule has 0 saturated heterocycles. The molecule has 0 amide bonds. The monoisotopic (exact) mass is 280 g/mol. The van der Waals surface area contributed by atoms with Gasteiger partial charge in [-0.1, -0.05) is 19.3 Å². The Kier molecular flexibility index (Phi) is 4.71. The van der Waals surface area contributed by atoms with Gasteiger partial charge in [-0.05, 0) is 37.1 Å². The van der Waals surface area contributed by atoms with Crippen LogP contribution in [0.4, 0.5) is 5.69 Å². The summed E-state index contributed by atoms with van der Waals surface area (Å²) in [6.07, 6.45) is 5.44. The fourth-order valence-electron chi connectivity index (χ4n) is 2.52. The van der Waals surface area contributed by atoms with Crippen molar-refractivity contribution < 1.29 is 13.6 Å². The highest BCUT2D eigenvalue weighted by atomic mass is 32.2. The lowest BCUT2D eigenvalue weighted by atomic mass is 9.84. The van der Waals surface area contributed by atoms with Crippen molar-refractivity contribution in [3.63, 3.8) is 0 Å². The van der Waals surface area contributed by atoms with Crippen molar-refractivity contribution in [1.29, 1.82) is 0 Å². The predicted octanol–water partition coefficient (Wildman–Crippen LogP) is 2.68. The van der Waals surface area contributed by atoms with Gasteiger partial charge in [-0.2, -0.15) is 0 Å². The average molecular weight is 280 g/mol. The molecule has 2 rings (SSSR count). The molecule has 1 atom stereocenters. The molecular weight excluding hydrogens is 262 g/mol. The Morgan fingerprint density at radius 2 is 1.79 bits per heavy atom. The number of Topliss-reactive ketones (excluding diaryl/α,β-unsaturated/α-hetero) is 1. The van der Waals surface area contributed by atoms with E-state index >= 15 is 0 Å². The van der Waals surface area contributed by atoms with Gasteiger partial charge in [0.1, 0.15) is 0 Å². The Bertz CT molecular complexity index is 466. The standard InChI is InChI=1S/C14H19NO3S/c1-15(19(17)18)13-9-7-12(8-10-13)14(16)11-5-3-2-4-6-11/h7-11H,2-6H2,1H3,(H,17,18)/p-1. The second-order valence-electron chi connectivity index (χ2n) is 4.96. The van der Waals surface area contributed by atoms with Gasteiger partial charge in [-0.15, -0.1) is 0 Å². The molecule has 104 valence electrons. The fraction of sp³-hybridized carbons (Fsp3) is 0.500. The highest BCUT2D eigenvalue weighted by Gasteiger charge is 2.22. The van der Waals surface area contributed by atoms with Crippen LogP contribution in [0.25, 0.3) is 0 Å². The first kappa shape index (κ1) is 14.2. The first-order valence-corrected chi connectivity index (χ1v) is 7.60. The Morgan fingerprint density at radius 1 is 1.21 bits per heavy atom. The zero-order valence-electron chi connectivity index (χ0n) is 11.0. The molecule has 0 bridgehead atoms. The molecule has 4 nitrogen and oxygen atoms in total. The maximum atomic E-state index is 12.3. The molecule has 0 spiro atoms. The van der Waals surface area contributed by atoms with Crippen molar-refractivity contribution >= 4 is 22.7 Å². The van der Waals surface area contributed by atoms with Crippen molar-refractivity contribution in [2.75, 3.05) is 11.4 Å². The summed E-state index contributed by atoms with van der Waals surface area (Å²) in [6, 6.07) is 6.78. The molecule has 0 heterocycles. The van der Waals surface area contributed by atoms with E-state index in [0.29, 0.717) is 11.3 Å². The number of hydrogen-bond donors (Lipinski definition) is 0. The van der Waals surface area contributed by atoms with Gasteiger partial charge in [0.25, 0.3) is 0 Å². The normalized spacial score (nSPS) is 18.0. The summed E-state index contributed by atoms with van der Waals surface area (Å²) in [5, 5.41) is 0. The van der Waals surface area contributed by atoms with Gasteiger partial charge in [0.2, 0.25) is 0 Å². The number of anilines is 1. The molecular formula is C14H18NO3S-. The van der Waals surface area contributed by atoms with Crippen molar-refractivity contribution in [3.05, 3.63) is 29.8 Å². The third kappa shape index (κ3) is 3.42. The molecule has 0 aromatic heterocycles.